The summed E-state index contributed by atoms with van der Waals surface area (Å²) in [6.45, 7) is 7.96. The molecule has 0 aromatic heterocycles. The Labute approximate surface area is 116 Å². The lowest BCUT2D eigenvalue weighted by atomic mass is 10.2. The van der Waals surface area contributed by atoms with Crippen molar-refractivity contribution >= 4 is 0 Å². The Morgan fingerprint density at radius 2 is 1.84 bits per heavy atom. The molecule has 0 saturated carbocycles. The second-order valence-corrected chi connectivity index (χ2v) is 5.32. The van der Waals surface area contributed by atoms with Crippen molar-refractivity contribution in [1.82, 2.24) is 5.32 Å². The molecule has 1 N–H and O–H groups in total. The van der Waals surface area contributed by atoms with E-state index in [0.29, 0.717) is 13.2 Å². The first kappa shape index (κ1) is 15.8. The van der Waals surface area contributed by atoms with E-state index >= 15 is 0 Å². The number of nitrogens with one attached hydrogen (secondary N) is 1. The molecule has 0 atom stereocenters. The Morgan fingerprint density at radius 1 is 1.11 bits per heavy atom. The van der Waals surface area contributed by atoms with Crippen LogP contribution in [0.15, 0.2) is 18.2 Å². The van der Waals surface area contributed by atoms with Gasteiger partial charge in [0.25, 0.3) is 0 Å². The van der Waals surface area contributed by atoms with Gasteiger partial charge >= 0.3 is 0 Å². The Bertz CT molecular complexity index is 385. The predicted molar refractivity (Wildman–Crippen MR) is 77.0 cm³/mol. The highest BCUT2D eigenvalue weighted by atomic mass is 16.5. The number of rotatable bonds is 7. The van der Waals surface area contributed by atoms with Crippen LogP contribution in [0, 0.1) is 0 Å². The average molecular weight is 267 g/mol. The zero-order valence-corrected chi connectivity index (χ0v) is 12.6. The first-order valence-corrected chi connectivity index (χ1v) is 6.54. The third kappa shape index (κ3) is 5.94. The second-order valence-electron chi connectivity index (χ2n) is 5.32. The van der Waals surface area contributed by atoms with Crippen LogP contribution in [-0.2, 0) is 11.3 Å². The van der Waals surface area contributed by atoms with E-state index in [9.17, 15) is 0 Å². The first-order chi connectivity index (χ1) is 8.96. The van der Waals surface area contributed by atoms with Gasteiger partial charge in [-0.1, -0.05) is 6.07 Å². The Balaban J connectivity index is 2.57. The van der Waals surface area contributed by atoms with Crippen LogP contribution >= 0.6 is 0 Å². The number of hydrogen-bond acceptors (Lipinski definition) is 4. The predicted octanol–water partition coefficient (Wildman–Crippen LogP) is 2.61. The summed E-state index contributed by atoms with van der Waals surface area (Å²) in [5, 5.41) is 3.11. The molecule has 0 heterocycles. The maximum absolute atomic E-state index is 5.73. The lowest BCUT2D eigenvalue weighted by Crippen LogP contribution is -2.22. The van der Waals surface area contributed by atoms with Crippen LogP contribution in [0.4, 0.5) is 0 Å². The van der Waals surface area contributed by atoms with Crippen molar-refractivity contribution in [3.8, 4) is 11.5 Å². The van der Waals surface area contributed by atoms with E-state index in [1.807, 2.05) is 46.0 Å². The minimum absolute atomic E-state index is 0.137. The molecule has 4 nitrogen and oxygen atoms in total. The highest BCUT2D eigenvalue weighted by Crippen LogP contribution is 2.28. The van der Waals surface area contributed by atoms with Crippen LogP contribution < -0.4 is 14.8 Å². The molecule has 0 aliphatic carbocycles. The highest BCUT2D eigenvalue weighted by molar-refractivity contribution is 5.42. The van der Waals surface area contributed by atoms with Crippen molar-refractivity contribution < 1.29 is 14.2 Å². The third-order valence-electron chi connectivity index (χ3n) is 2.48. The van der Waals surface area contributed by atoms with Gasteiger partial charge in [0.05, 0.1) is 19.3 Å². The minimum atomic E-state index is -0.137. The monoisotopic (exact) mass is 267 g/mol. The van der Waals surface area contributed by atoms with Gasteiger partial charge in [-0.15, -0.1) is 0 Å². The van der Waals surface area contributed by atoms with Gasteiger partial charge in [0.1, 0.15) is 6.61 Å². The van der Waals surface area contributed by atoms with E-state index in [1.54, 1.807) is 7.11 Å². The number of benzene rings is 1. The average Bonchev–Trinajstić information content (AvgIpc) is 2.34. The smallest absolute Gasteiger partial charge is 0.161 e. The molecular weight excluding hydrogens is 242 g/mol. The molecular formula is C15H25NO3. The molecule has 0 saturated heterocycles. The van der Waals surface area contributed by atoms with Gasteiger partial charge in [0.15, 0.2) is 11.5 Å². The van der Waals surface area contributed by atoms with Gasteiger partial charge in [-0.25, -0.2) is 0 Å². The summed E-state index contributed by atoms with van der Waals surface area (Å²) in [7, 11) is 3.56. The van der Waals surface area contributed by atoms with Crippen molar-refractivity contribution in [2.24, 2.45) is 0 Å². The SMILES string of the molecule is CNCc1ccc(OC)c(OCCOC(C)(C)C)c1. The zero-order chi connectivity index (χ0) is 14.3. The van der Waals surface area contributed by atoms with E-state index in [-0.39, 0.29) is 5.60 Å². The molecule has 0 radical (unpaired) electrons. The quantitative estimate of drug-likeness (QED) is 0.771. The molecule has 1 rings (SSSR count). The van der Waals surface area contributed by atoms with E-state index < -0.39 is 0 Å². The highest BCUT2D eigenvalue weighted by Gasteiger charge is 2.10. The molecule has 0 spiro atoms. The molecule has 0 aliphatic heterocycles. The largest absolute Gasteiger partial charge is 0.493 e. The number of hydrogen-bond donors (Lipinski definition) is 1. The summed E-state index contributed by atoms with van der Waals surface area (Å²) in [5.74, 6) is 1.50. The molecule has 1 aromatic rings. The second kappa shape index (κ2) is 7.36. The normalized spacial score (nSPS) is 11.4. The van der Waals surface area contributed by atoms with Gasteiger partial charge in [-0.3, -0.25) is 0 Å². The lowest BCUT2D eigenvalue weighted by molar-refractivity contribution is -0.0165. The Morgan fingerprint density at radius 3 is 2.42 bits per heavy atom. The van der Waals surface area contributed by atoms with Crippen LogP contribution in [0.2, 0.25) is 0 Å². The van der Waals surface area contributed by atoms with E-state index in [2.05, 4.69) is 5.32 Å². The van der Waals surface area contributed by atoms with Gasteiger partial charge < -0.3 is 19.5 Å². The Kier molecular flexibility index (Phi) is 6.12. The van der Waals surface area contributed by atoms with E-state index in [0.717, 1.165) is 23.6 Å². The maximum Gasteiger partial charge on any atom is 0.161 e. The zero-order valence-electron chi connectivity index (χ0n) is 12.6. The molecule has 108 valence electrons. The minimum Gasteiger partial charge on any atom is -0.493 e. The molecule has 0 unspecified atom stereocenters. The maximum atomic E-state index is 5.73. The fraction of sp³-hybridized carbons (Fsp3) is 0.600. The third-order valence-corrected chi connectivity index (χ3v) is 2.48. The topological polar surface area (TPSA) is 39.7 Å². The fourth-order valence-corrected chi connectivity index (χ4v) is 1.65. The van der Waals surface area contributed by atoms with Gasteiger partial charge in [0, 0.05) is 6.54 Å². The van der Waals surface area contributed by atoms with Crippen LogP contribution in [0.25, 0.3) is 0 Å². The van der Waals surface area contributed by atoms with Crippen molar-refractivity contribution in [2.75, 3.05) is 27.4 Å². The Hall–Kier alpha value is -1.26. The summed E-state index contributed by atoms with van der Waals surface area (Å²) < 4.78 is 16.6. The molecule has 19 heavy (non-hydrogen) atoms. The number of ether oxygens (including phenoxy) is 3. The van der Waals surface area contributed by atoms with Crippen LogP contribution in [-0.4, -0.2) is 33.0 Å². The standard InChI is InChI=1S/C15H25NO3/c1-15(2,3)19-9-8-18-14-10-12(11-16-4)6-7-13(14)17-5/h6-7,10,16H,8-9,11H2,1-5H3. The summed E-state index contributed by atoms with van der Waals surface area (Å²) in [4.78, 5) is 0. The van der Waals surface area contributed by atoms with Crippen LogP contribution in [0.3, 0.4) is 0 Å². The fourth-order valence-electron chi connectivity index (χ4n) is 1.65. The van der Waals surface area contributed by atoms with Gasteiger partial charge in [-0.2, -0.15) is 0 Å². The van der Waals surface area contributed by atoms with Crippen LogP contribution in [0.1, 0.15) is 26.3 Å². The van der Waals surface area contributed by atoms with E-state index in [1.165, 1.54) is 0 Å². The summed E-state index contributed by atoms with van der Waals surface area (Å²) in [5.41, 5.74) is 1.02. The first-order valence-electron chi connectivity index (χ1n) is 6.54. The number of methoxy groups -OCH3 is 1. The molecule has 1 aromatic carbocycles. The molecule has 0 fully saturated rings. The molecule has 0 amide bonds. The van der Waals surface area contributed by atoms with Crippen molar-refractivity contribution in [2.45, 2.75) is 32.9 Å². The molecule has 0 bridgehead atoms. The summed E-state index contributed by atoms with van der Waals surface area (Å²) in [6, 6.07) is 5.94. The molecule has 4 heteroatoms. The van der Waals surface area contributed by atoms with E-state index in [4.69, 9.17) is 14.2 Å². The summed E-state index contributed by atoms with van der Waals surface area (Å²) >= 11 is 0. The van der Waals surface area contributed by atoms with Crippen LogP contribution in [0.5, 0.6) is 11.5 Å². The lowest BCUT2D eigenvalue weighted by Gasteiger charge is -2.20. The van der Waals surface area contributed by atoms with Gasteiger partial charge in [0.2, 0.25) is 0 Å². The molecule has 0 aliphatic rings. The van der Waals surface area contributed by atoms with Crippen molar-refractivity contribution in [1.29, 1.82) is 0 Å². The summed E-state index contributed by atoms with van der Waals surface area (Å²) in [6.07, 6.45) is 0. The van der Waals surface area contributed by atoms with Crippen molar-refractivity contribution in [3.63, 3.8) is 0 Å². The van der Waals surface area contributed by atoms with Gasteiger partial charge in [-0.05, 0) is 45.5 Å². The van der Waals surface area contributed by atoms with Crippen molar-refractivity contribution in [3.05, 3.63) is 23.8 Å².